The zero-order valence-corrected chi connectivity index (χ0v) is 10.3. The fourth-order valence-corrected chi connectivity index (χ4v) is 1.48. The minimum Gasteiger partial charge on any atom is -0.497 e. The summed E-state index contributed by atoms with van der Waals surface area (Å²) in [5.41, 5.74) is 0.929. The molecule has 0 spiro atoms. The lowest BCUT2D eigenvalue weighted by Gasteiger charge is -2.03. The molecule has 0 aliphatic carbocycles. The minimum absolute atomic E-state index is 0.137. The SMILES string of the molecule is COc1ccc(/C=C/C(C(C)=O)C(C)=O)cc1. The molecule has 0 saturated carbocycles. The van der Waals surface area contributed by atoms with Crippen LogP contribution in [0.5, 0.6) is 5.75 Å². The van der Waals surface area contributed by atoms with Crippen LogP contribution < -0.4 is 4.74 Å². The van der Waals surface area contributed by atoms with Crippen LogP contribution in [0.2, 0.25) is 0 Å². The second-order valence-corrected chi connectivity index (χ2v) is 3.83. The van der Waals surface area contributed by atoms with Crippen LogP contribution in [-0.2, 0) is 9.59 Å². The van der Waals surface area contributed by atoms with Gasteiger partial charge in [-0.1, -0.05) is 24.3 Å². The predicted molar refractivity (Wildman–Crippen MR) is 66.9 cm³/mol. The number of hydrogen-bond acceptors (Lipinski definition) is 3. The van der Waals surface area contributed by atoms with E-state index in [0.717, 1.165) is 11.3 Å². The number of carbonyl (C=O) groups excluding carboxylic acids is 2. The molecule has 90 valence electrons. The van der Waals surface area contributed by atoms with Crippen LogP contribution in [0, 0.1) is 5.92 Å². The Labute approximate surface area is 101 Å². The van der Waals surface area contributed by atoms with Crippen molar-refractivity contribution in [2.75, 3.05) is 7.11 Å². The van der Waals surface area contributed by atoms with Gasteiger partial charge in [0.15, 0.2) is 0 Å². The Morgan fingerprint density at radius 2 is 1.65 bits per heavy atom. The largest absolute Gasteiger partial charge is 0.497 e. The lowest BCUT2D eigenvalue weighted by atomic mass is 9.99. The normalized spacial score (nSPS) is 10.8. The summed E-state index contributed by atoms with van der Waals surface area (Å²) in [6, 6.07) is 7.39. The Bertz CT molecular complexity index is 415. The highest BCUT2D eigenvalue weighted by molar-refractivity contribution is 6.02. The van der Waals surface area contributed by atoms with E-state index >= 15 is 0 Å². The molecule has 17 heavy (non-hydrogen) atoms. The van der Waals surface area contributed by atoms with Crippen LogP contribution >= 0.6 is 0 Å². The summed E-state index contributed by atoms with van der Waals surface area (Å²) in [4.78, 5) is 22.4. The van der Waals surface area contributed by atoms with E-state index in [1.807, 2.05) is 24.3 Å². The van der Waals surface area contributed by atoms with Crippen molar-refractivity contribution in [3.63, 3.8) is 0 Å². The Balaban J connectivity index is 2.81. The topological polar surface area (TPSA) is 43.4 Å². The molecular formula is C14H16O3. The highest BCUT2D eigenvalue weighted by atomic mass is 16.5. The molecule has 0 aliphatic heterocycles. The molecule has 3 heteroatoms. The molecule has 0 fully saturated rings. The van der Waals surface area contributed by atoms with E-state index < -0.39 is 5.92 Å². The second kappa shape index (κ2) is 5.99. The monoisotopic (exact) mass is 232 g/mol. The Kier molecular flexibility index (Phi) is 4.64. The number of methoxy groups -OCH3 is 1. The molecule has 0 aromatic heterocycles. The first-order valence-corrected chi connectivity index (χ1v) is 5.37. The summed E-state index contributed by atoms with van der Waals surface area (Å²) >= 11 is 0. The standard InChI is InChI=1S/C14H16O3/c1-10(15)14(11(2)16)9-6-12-4-7-13(17-3)8-5-12/h4-9,14H,1-3H3/b9-6+. The lowest BCUT2D eigenvalue weighted by Crippen LogP contribution is -2.16. The van der Waals surface area contributed by atoms with E-state index in [2.05, 4.69) is 0 Å². The first-order chi connectivity index (χ1) is 8.04. The van der Waals surface area contributed by atoms with Crippen molar-refractivity contribution in [3.8, 4) is 5.75 Å². The van der Waals surface area contributed by atoms with E-state index in [1.165, 1.54) is 13.8 Å². The van der Waals surface area contributed by atoms with Crippen molar-refractivity contribution >= 4 is 17.6 Å². The number of rotatable bonds is 5. The van der Waals surface area contributed by atoms with E-state index in [1.54, 1.807) is 19.3 Å². The minimum atomic E-state index is -0.642. The molecule has 0 amide bonds. The highest BCUT2D eigenvalue weighted by Crippen LogP contribution is 2.13. The zero-order chi connectivity index (χ0) is 12.8. The van der Waals surface area contributed by atoms with Crippen LogP contribution in [0.4, 0.5) is 0 Å². The predicted octanol–water partition coefficient (Wildman–Crippen LogP) is 2.50. The molecule has 0 heterocycles. The maximum absolute atomic E-state index is 11.2. The number of allylic oxidation sites excluding steroid dienone is 1. The molecule has 0 aliphatic rings. The molecule has 1 aromatic carbocycles. The van der Waals surface area contributed by atoms with Crippen LogP contribution in [0.3, 0.4) is 0 Å². The van der Waals surface area contributed by atoms with Gasteiger partial charge in [0.25, 0.3) is 0 Å². The average molecular weight is 232 g/mol. The van der Waals surface area contributed by atoms with Crippen LogP contribution in [0.15, 0.2) is 30.3 Å². The first kappa shape index (κ1) is 13.2. The number of ketones is 2. The first-order valence-electron chi connectivity index (χ1n) is 5.37. The second-order valence-electron chi connectivity index (χ2n) is 3.83. The summed E-state index contributed by atoms with van der Waals surface area (Å²) in [5.74, 6) is -0.140. The lowest BCUT2D eigenvalue weighted by molar-refractivity contribution is -0.128. The van der Waals surface area contributed by atoms with Gasteiger partial charge in [0.1, 0.15) is 17.3 Å². The number of hydrogen-bond donors (Lipinski definition) is 0. The van der Waals surface area contributed by atoms with Gasteiger partial charge >= 0.3 is 0 Å². The number of ether oxygens (including phenoxy) is 1. The van der Waals surface area contributed by atoms with Crippen LogP contribution in [0.25, 0.3) is 6.08 Å². The van der Waals surface area contributed by atoms with E-state index in [-0.39, 0.29) is 11.6 Å². The molecule has 1 aromatic rings. The van der Waals surface area contributed by atoms with Crippen molar-refractivity contribution in [2.24, 2.45) is 5.92 Å². The number of carbonyl (C=O) groups is 2. The molecule has 0 radical (unpaired) electrons. The summed E-state index contributed by atoms with van der Waals surface area (Å²) < 4.78 is 5.04. The summed E-state index contributed by atoms with van der Waals surface area (Å²) in [7, 11) is 1.60. The number of Topliss-reactive ketones (excluding diaryl/α,β-unsaturated/α-hetero) is 2. The van der Waals surface area contributed by atoms with Crippen LogP contribution in [-0.4, -0.2) is 18.7 Å². The van der Waals surface area contributed by atoms with Gasteiger partial charge in [-0.25, -0.2) is 0 Å². The molecule has 0 saturated heterocycles. The Morgan fingerprint density at radius 3 is 2.06 bits per heavy atom. The summed E-state index contributed by atoms with van der Waals surface area (Å²) in [6.45, 7) is 2.84. The van der Waals surface area contributed by atoms with Crippen molar-refractivity contribution in [1.29, 1.82) is 0 Å². The van der Waals surface area contributed by atoms with Gasteiger partial charge in [0, 0.05) is 0 Å². The van der Waals surface area contributed by atoms with Gasteiger partial charge in [0.05, 0.1) is 13.0 Å². The van der Waals surface area contributed by atoms with E-state index in [0.29, 0.717) is 0 Å². The summed E-state index contributed by atoms with van der Waals surface area (Å²) in [5, 5.41) is 0. The third-order valence-electron chi connectivity index (χ3n) is 2.47. The maximum Gasteiger partial charge on any atom is 0.144 e. The fourth-order valence-electron chi connectivity index (χ4n) is 1.48. The molecule has 1 rings (SSSR count). The summed E-state index contributed by atoms with van der Waals surface area (Å²) in [6.07, 6.45) is 3.40. The average Bonchev–Trinajstić information content (AvgIpc) is 2.29. The third-order valence-corrected chi connectivity index (χ3v) is 2.47. The number of benzene rings is 1. The van der Waals surface area contributed by atoms with Crippen molar-refractivity contribution in [2.45, 2.75) is 13.8 Å². The third kappa shape index (κ3) is 3.87. The van der Waals surface area contributed by atoms with Crippen molar-refractivity contribution in [1.82, 2.24) is 0 Å². The van der Waals surface area contributed by atoms with Crippen molar-refractivity contribution in [3.05, 3.63) is 35.9 Å². The fraction of sp³-hybridized carbons (Fsp3) is 0.286. The molecular weight excluding hydrogens is 216 g/mol. The Morgan fingerprint density at radius 1 is 1.12 bits per heavy atom. The highest BCUT2D eigenvalue weighted by Gasteiger charge is 2.15. The van der Waals surface area contributed by atoms with E-state index in [9.17, 15) is 9.59 Å². The smallest absolute Gasteiger partial charge is 0.144 e. The van der Waals surface area contributed by atoms with Gasteiger partial charge in [0.2, 0.25) is 0 Å². The molecule has 0 N–H and O–H groups in total. The molecule has 3 nitrogen and oxygen atoms in total. The van der Waals surface area contributed by atoms with Crippen molar-refractivity contribution < 1.29 is 14.3 Å². The van der Waals surface area contributed by atoms with Gasteiger partial charge in [-0.3, -0.25) is 9.59 Å². The van der Waals surface area contributed by atoms with Gasteiger partial charge in [-0.2, -0.15) is 0 Å². The quantitative estimate of drug-likeness (QED) is 0.732. The van der Waals surface area contributed by atoms with E-state index in [4.69, 9.17) is 4.74 Å². The van der Waals surface area contributed by atoms with Crippen LogP contribution in [0.1, 0.15) is 19.4 Å². The zero-order valence-electron chi connectivity index (χ0n) is 10.3. The van der Waals surface area contributed by atoms with Gasteiger partial charge in [-0.15, -0.1) is 0 Å². The van der Waals surface area contributed by atoms with Gasteiger partial charge in [-0.05, 0) is 31.5 Å². The molecule has 0 atom stereocenters. The Hall–Kier alpha value is -1.90. The molecule has 0 unspecified atom stereocenters. The van der Waals surface area contributed by atoms with Gasteiger partial charge < -0.3 is 4.74 Å². The maximum atomic E-state index is 11.2. The molecule has 0 bridgehead atoms.